The van der Waals surface area contributed by atoms with Gasteiger partial charge in [0.15, 0.2) is 0 Å². The van der Waals surface area contributed by atoms with E-state index >= 15 is 0 Å². The number of anilines is 1. The lowest BCUT2D eigenvalue weighted by Gasteiger charge is -2.37. The van der Waals surface area contributed by atoms with Gasteiger partial charge in [-0.15, -0.1) is 0 Å². The molecule has 1 aromatic heterocycles. The van der Waals surface area contributed by atoms with Crippen LogP contribution in [-0.4, -0.2) is 30.0 Å². The third-order valence-corrected chi connectivity index (χ3v) is 4.46. The quantitative estimate of drug-likeness (QED) is 0.845. The van der Waals surface area contributed by atoms with Crippen LogP contribution < -0.4 is 16.0 Å². The van der Waals surface area contributed by atoms with Gasteiger partial charge in [-0.1, -0.05) is 11.6 Å². The van der Waals surface area contributed by atoms with Gasteiger partial charge in [0, 0.05) is 25.8 Å². The van der Waals surface area contributed by atoms with Crippen molar-refractivity contribution in [3.05, 3.63) is 22.8 Å². The molecule has 6 heteroatoms. The molecule has 1 amide bonds. The Morgan fingerprint density at radius 2 is 2.42 bits per heavy atom. The van der Waals surface area contributed by atoms with Gasteiger partial charge in [-0.2, -0.15) is 0 Å². The number of carbonyl (C=O) groups excluding carboxylic acids is 1. The SMILES string of the molecule is NCc1ccnc(N2CCCC3C(=O)NCC32)c1Cl. The highest BCUT2D eigenvalue weighted by molar-refractivity contribution is 6.33. The van der Waals surface area contributed by atoms with Crippen LogP contribution in [0.1, 0.15) is 18.4 Å². The average molecular weight is 281 g/mol. The molecule has 2 unspecified atom stereocenters. The van der Waals surface area contributed by atoms with E-state index in [1.807, 2.05) is 6.07 Å². The van der Waals surface area contributed by atoms with Gasteiger partial charge in [0.05, 0.1) is 17.0 Å². The standard InChI is InChI=1S/C13H17ClN4O/c14-11-8(6-15)3-4-16-12(11)18-5-1-2-9-10(18)7-17-13(9)19/h3-4,9-10H,1-2,5-7,15H2,(H,17,19). The van der Waals surface area contributed by atoms with Crippen molar-refractivity contribution in [1.82, 2.24) is 10.3 Å². The maximum absolute atomic E-state index is 11.8. The number of piperidine rings is 1. The minimum Gasteiger partial charge on any atom is -0.354 e. The van der Waals surface area contributed by atoms with Crippen molar-refractivity contribution in [2.24, 2.45) is 11.7 Å². The summed E-state index contributed by atoms with van der Waals surface area (Å²) >= 11 is 6.38. The zero-order valence-corrected chi connectivity index (χ0v) is 11.4. The zero-order chi connectivity index (χ0) is 13.4. The largest absolute Gasteiger partial charge is 0.354 e. The zero-order valence-electron chi connectivity index (χ0n) is 10.6. The Balaban J connectivity index is 1.95. The Bertz CT molecular complexity index is 507. The number of aromatic nitrogens is 1. The van der Waals surface area contributed by atoms with Gasteiger partial charge in [0.25, 0.3) is 0 Å². The number of nitrogens with two attached hydrogens (primary N) is 1. The second-order valence-electron chi connectivity index (χ2n) is 5.07. The highest BCUT2D eigenvalue weighted by Gasteiger charge is 2.41. The van der Waals surface area contributed by atoms with Gasteiger partial charge in [-0.25, -0.2) is 4.98 Å². The van der Waals surface area contributed by atoms with Gasteiger partial charge in [-0.05, 0) is 24.5 Å². The molecule has 19 heavy (non-hydrogen) atoms. The number of nitrogens with zero attached hydrogens (tertiary/aromatic N) is 2. The summed E-state index contributed by atoms with van der Waals surface area (Å²) in [6.07, 6.45) is 3.66. The minimum atomic E-state index is 0.0631. The number of rotatable bonds is 2. The third-order valence-electron chi connectivity index (χ3n) is 4.04. The van der Waals surface area contributed by atoms with Gasteiger partial charge < -0.3 is 16.0 Å². The van der Waals surface area contributed by atoms with Crippen LogP contribution in [0.3, 0.4) is 0 Å². The van der Waals surface area contributed by atoms with Crippen molar-refractivity contribution < 1.29 is 4.79 Å². The van der Waals surface area contributed by atoms with Crippen LogP contribution in [0, 0.1) is 5.92 Å². The van der Waals surface area contributed by atoms with Gasteiger partial charge in [0.2, 0.25) is 5.91 Å². The first-order valence-electron chi connectivity index (χ1n) is 6.60. The summed E-state index contributed by atoms with van der Waals surface area (Å²) in [5, 5.41) is 3.55. The van der Waals surface area contributed by atoms with Crippen LogP contribution in [0.5, 0.6) is 0 Å². The van der Waals surface area contributed by atoms with Gasteiger partial charge >= 0.3 is 0 Å². The van der Waals surface area contributed by atoms with Crippen molar-refractivity contribution >= 4 is 23.3 Å². The highest BCUT2D eigenvalue weighted by atomic mass is 35.5. The summed E-state index contributed by atoms with van der Waals surface area (Å²) in [6, 6.07) is 2.00. The molecule has 2 saturated heterocycles. The van der Waals surface area contributed by atoms with Crippen LogP contribution in [0.25, 0.3) is 0 Å². The summed E-state index contributed by atoms with van der Waals surface area (Å²) in [6.45, 7) is 1.96. The average Bonchev–Trinajstić information content (AvgIpc) is 2.81. The maximum atomic E-state index is 11.8. The van der Waals surface area contributed by atoms with E-state index in [1.165, 1.54) is 0 Å². The first kappa shape index (κ1) is 12.7. The first-order valence-corrected chi connectivity index (χ1v) is 6.98. The number of carbonyl (C=O) groups is 1. The van der Waals surface area contributed by atoms with E-state index in [4.69, 9.17) is 17.3 Å². The lowest BCUT2D eigenvalue weighted by molar-refractivity contribution is -0.122. The van der Waals surface area contributed by atoms with Crippen molar-refractivity contribution in [3.8, 4) is 0 Å². The molecule has 2 aliphatic heterocycles. The number of hydrogen-bond donors (Lipinski definition) is 2. The Kier molecular flexibility index (Phi) is 3.33. The van der Waals surface area contributed by atoms with Crippen LogP contribution in [0.2, 0.25) is 5.02 Å². The van der Waals surface area contributed by atoms with E-state index in [1.54, 1.807) is 6.20 Å². The summed E-state index contributed by atoms with van der Waals surface area (Å²) in [5.74, 6) is 0.977. The molecule has 1 aromatic rings. The van der Waals surface area contributed by atoms with E-state index in [0.717, 1.165) is 30.8 Å². The van der Waals surface area contributed by atoms with Crippen molar-refractivity contribution in [1.29, 1.82) is 0 Å². The first-order chi connectivity index (χ1) is 9.22. The molecule has 3 rings (SSSR count). The minimum absolute atomic E-state index is 0.0631. The van der Waals surface area contributed by atoms with E-state index in [9.17, 15) is 4.79 Å². The summed E-state index contributed by atoms with van der Waals surface area (Å²) < 4.78 is 0. The Morgan fingerprint density at radius 1 is 1.58 bits per heavy atom. The van der Waals surface area contributed by atoms with E-state index in [-0.39, 0.29) is 17.9 Å². The molecule has 0 radical (unpaired) electrons. The monoisotopic (exact) mass is 280 g/mol. The number of halogens is 1. The predicted octanol–water partition coefficient (Wildman–Crippen LogP) is 0.909. The fourth-order valence-corrected chi connectivity index (χ4v) is 3.34. The van der Waals surface area contributed by atoms with Crippen LogP contribution in [0.4, 0.5) is 5.82 Å². The van der Waals surface area contributed by atoms with E-state index in [2.05, 4.69) is 15.2 Å². The molecule has 0 saturated carbocycles. The number of fused-ring (bicyclic) bond motifs is 1. The molecule has 3 N–H and O–H groups in total. The molecule has 5 nitrogen and oxygen atoms in total. The van der Waals surface area contributed by atoms with E-state index in [0.29, 0.717) is 18.1 Å². The van der Waals surface area contributed by atoms with Crippen molar-refractivity contribution in [2.75, 3.05) is 18.0 Å². The fraction of sp³-hybridized carbons (Fsp3) is 0.538. The molecule has 2 atom stereocenters. The lowest BCUT2D eigenvalue weighted by atomic mass is 9.91. The van der Waals surface area contributed by atoms with Crippen molar-refractivity contribution in [3.63, 3.8) is 0 Å². The molecule has 0 aliphatic carbocycles. The Labute approximate surface area is 117 Å². The molecular formula is C13H17ClN4O. The Morgan fingerprint density at radius 3 is 3.21 bits per heavy atom. The molecule has 0 spiro atoms. The van der Waals surface area contributed by atoms with Crippen LogP contribution in [-0.2, 0) is 11.3 Å². The second kappa shape index (κ2) is 4.98. The number of hydrogen-bond acceptors (Lipinski definition) is 4. The van der Waals surface area contributed by atoms with Crippen LogP contribution >= 0.6 is 11.6 Å². The maximum Gasteiger partial charge on any atom is 0.225 e. The Hall–Kier alpha value is -1.33. The highest BCUT2D eigenvalue weighted by Crippen LogP contribution is 2.35. The summed E-state index contributed by atoms with van der Waals surface area (Å²) in [5.41, 5.74) is 6.58. The normalized spacial score (nSPS) is 26.2. The third kappa shape index (κ3) is 2.07. The summed E-state index contributed by atoms with van der Waals surface area (Å²) in [7, 11) is 0. The van der Waals surface area contributed by atoms with Gasteiger partial charge in [0.1, 0.15) is 5.82 Å². The van der Waals surface area contributed by atoms with Crippen LogP contribution in [0.15, 0.2) is 12.3 Å². The molecule has 3 heterocycles. The summed E-state index contributed by atoms with van der Waals surface area (Å²) in [4.78, 5) is 18.3. The molecule has 0 aromatic carbocycles. The predicted molar refractivity (Wildman–Crippen MR) is 74.0 cm³/mol. The molecule has 0 bridgehead atoms. The second-order valence-corrected chi connectivity index (χ2v) is 5.44. The number of amides is 1. The smallest absolute Gasteiger partial charge is 0.225 e. The molecule has 2 fully saturated rings. The molecule has 102 valence electrons. The van der Waals surface area contributed by atoms with E-state index < -0.39 is 0 Å². The van der Waals surface area contributed by atoms with Gasteiger partial charge in [-0.3, -0.25) is 4.79 Å². The molecular weight excluding hydrogens is 264 g/mol. The number of pyridine rings is 1. The number of nitrogens with one attached hydrogen (secondary N) is 1. The topological polar surface area (TPSA) is 71.2 Å². The fourth-order valence-electron chi connectivity index (χ4n) is 3.04. The molecule has 2 aliphatic rings. The van der Waals surface area contributed by atoms with Crippen molar-refractivity contribution in [2.45, 2.75) is 25.4 Å². The lowest BCUT2D eigenvalue weighted by Crippen LogP contribution is -2.46.